The lowest BCUT2D eigenvalue weighted by atomic mass is 10.2. The molecule has 1 fully saturated rings. The maximum Gasteiger partial charge on any atom is 0.338 e. The highest BCUT2D eigenvalue weighted by atomic mass is 35.5. The number of carbonyl (C=O) groups excluding carboxylic acids is 2. The summed E-state index contributed by atoms with van der Waals surface area (Å²) < 4.78 is 10.7. The predicted octanol–water partition coefficient (Wildman–Crippen LogP) is 4.95. The molecule has 1 saturated heterocycles. The number of hydrogen-bond acceptors (Lipinski definition) is 6. The highest BCUT2D eigenvalue weighted by Gasteiger charge is 2.33. The van der Waals surface area contributed by atoms with Crippen LogP contribution in [0.2, 0.25) is 10.0 Å². The number of rotatable bonds is 5. The van der Waals surface area contributed by atoms with E-state index in [4.69, 9.17) is 44.9 Å². The average molecular weight is 484 g/mol. The van der Waals surface area contributed by atoms with Crippen molar-refractivity contribution in [2.24, 2.45) is 0 Å². The molecule has 2 N–H and O–H groups in total. The van der Waals surface area contributed by atoms with Crippen LogP contribution in [0.15, 0.2) is 41.3 Å². The van der Waals surface area contributed by atoms with E-state index in [2.05, 4.69) is 10.7 Å². The molecule has 3 rings (SSSR count). The molecule has 3 amide bonds. The van der Waals surface area contributed by atoms with E-state index in [0.29, 0.717) is 32.7 Å². The van der Waals surface area contributed by atoms with Crippen molar-refractivity contribution in [3.05, 3.63) is 56.9 Å². The van der Waals surface area contributed by atoms with E-state index in [-0.39, 0.29) is 9.34 Å². The van der Waals surface area contributed by atoms with Crippen molar-refractivity contribution >= 4 is 75.2 Å². The predicted molar refractivity (Wildman–Crippen MR) is 123 cm³/mol. The largest absolute Gasteiger partial charge is 0.497 e. The van der Waals surface area contributed by atoms with Crippen LogP contribution in [0, 0.1) is 0 Å². The minimum absolute atomic E-state index is 0.186. The lowest BCUT2D eigenvalue weighted by Crippen LogP contribution is -2.46. The number of methoxy groups -OCH3 is 2. The van der Waals surface area contributed by atoms with Gasteiger partial charge in [-0.25, -0.2) is 10.2 Å². The highest BCUT2D eigenvalue weighted by molar-refractivity contribution is 8.26. The van der Waals surface area contributed by atoms with Gasteiger partial charge >= 0.3 is 6.03 Å². The Hall–Kier alpha value is -2.46. The third-order valence-electron chi connectivity index (χ3n) is 3.86. The third-order valence-corrected chi connectivity index (χ3v) is 5.90. The fourth-order valence-electron chi connectivity index (χ4n) is 2.46. The van der Waals surface area contributed by atoms with Gasteiger partial charge in [0, 0.05) is 11.8 Å². The maximum atomic E-state index is 12.7. The van der Waals surface area contributed by atoms with E-state index in [1.54, 1.807) is 36.4 Å². The van der Waals surface area contributed by atoms with Gasteiger partial charge in [0.25, 0.3) is 5.91 Å². The molecule has 30 heavy (non-hydrogen) atoms. The zero-order valence-electron chi connectivity index (χ0n) is 15.7. The second kappa shape index (κ2) is 9.57. The Kier molecular flexibility index (Phi) is 7.09. The third kappa shape index (κ3) is 5.17. The molecule has 0 aromatic heterocycles. The van der Waals surface area contributed by atoms with E-state index >= 15 is 0 Å². The van der Waals surface area contributed by atoms with Gasteiger partial charge in [0.1, 0.15) is 11.5 Å². The summed E-state index contributed by atoms with van der Waals surface area (Å²) in [6.45, 7) is 0. The summed E-state index contributed by atoms with van der Waals surface area (Å²) in [6, 6.07) is 9.17. The molecule has 2 aromatic carbocycles. The van der Waals surface area contributed by atoms with Gasteiger partial charge in [-0.2, -0.15) is 5.01 Å². The minimum atomic E-state index is -0.658. The van der Waals surface area contributed by atoms with Crippen molar-refractivity contribution in [2.45, 2.75) is 0 Å². The van der Waals surface area contributed by atoms with Crippen LogP contribution >= 0.6 is 47.2 Å². The zero-order valence-corrected chi connectivity index (χ0v) is 18.8. The molecule has 7 nitrogen and oxygen atoms in total. The molecule has 0 radical (unpaired) electrons. The molecule has 0 saturated carbocycles. The van der Waals surface area contributed by atoms with Gasteiger partial charge in [-0.05, 0) is 54.2 Å². The van der Waals surface area contributed by atoms with Crippen molar-refractivity contribution in [1.29, 1.82) is 0 Å². The summed E-state index contributed by atoms with van der Waals surface area (Å²) in [5.41, 5.74) is 3.52. The van der Waals surface area contributed by atoms with Crippen LogP contribution in [-0.4, -0.2) is 35.5 Å². The molecule has 2 aromatic rings. The van der Waals surface area contributed by atoms with E-state index < -0.39 is 11.9 Å². The van der Waals surface area contributed by atoms with Crippen LogP contribution in [0.3, 0.4) is 0 Å². The summed E-state index contributed by atoms with van der Waals surface area (Å²) in [5.74, 6) is 0.696. The quantitative estimate of drug-likeness (QED) is 0.462. The van der Waals surface area contributed by atoms with E-state index in [1.807, 2.05) is 0 Å². The first-order valence-electron chi connectivity index (χ1n) is 8.34. The first-order valence-corrected chi connectivity index (χ1v) is 10.3. The topological polar surface area (TPSA) is 79.9 Å². The van der Waals surface area contributed by atoms with Crippen molar-refractivity contribution in [2.75, 3.05) is 19.5 Å². The van der Waals surface area contributed by atoms with E-state index in [1.165, 1.54) is 20.3 Å². The van der Waals surface area contributed by atoms with Gasteiger partial charge in [-0.15, -0.1) is 0 Å². The van der Waals surface area contributed by atoms with Gasteiger partial charge in [0.05, 0.1) is 29.2 Å². The minimum Gasteiger partial charge on any atom is -0.497 e. The Morgan fingerprint density at radius 1 is 1.10 bits per heavy atom. The number of thiocarbonyl (C=S) groups is 1. The Morgan fingerprint density at radius 3 is 2.37 bits per heavy atom. The highest BCUT2D eigenvalue weighted by Crippen LogP contribution is 2.33. The lowest BCUT2D eigenvalue weighted by Gasteiger charge is -2.16. The molecule has 11 heteroatoms. The molecule has 1 heterocycles. The molecule has 0 spiro atoms. The molecule has 1 aliphatic rings. The van der Waals surface area contributed by atoms with Crippen LogP contribution in [0.5, 0.6) is 11.5 Å². The molecular formula is C19H15Cl2N3O4S2. The van der Waals surface area contributed by atoms with Crippen LogP contribution in [0.4, 0.5) is 10.5 Å². The zero-order chi connectivity index (χ0) is 21.8. The van der Waals surface area contributed by atoms with Gasteiger partial charge in [-0.3, -0.25) is 4.79 Å². The monoisotopic (exact) mass is 483 g/mol. The van der Waals surface area contributed by atoms with Crippen LogP contribution in [0.1, 0.15) is 5.56 Å². The Bertz CT molecular complexity index is 1040. The van der Waals surface area contributed by atoms with Gasteiger partial charge in [-0.1, -0.05) is 35.0 Å². The number of benzene rings is 2. The first-order chi connectivity index (χ1) is 14.3. The molecule has 0 aliphatic carbocycles. The average Bonchev–Trinajstić information content (AvgIpc) is 2.97. The Balaban J connectivity index is 1.73. The number of thioether (sulfide) groups is 1. The number of amides is 3. The SMILES string of the molecule is COc1cc(/C=C2/SC(=S)N(NC(=O)Nc3ccc(Cl)c(Cl)c3)C2=O)cc(OC)c1. The fourth-order valence-corrected chi connectivity index (χ4v) is 3.94. The fraction of sp³-hybridized carbons (Fsp3) is 0.105. The molecule has 1 aliphatic heterocycles. The van der Waals surface area contributed by atoms with Crippen LogP contribution < -0.4 is 20.2 Å². The van der Waals surface area contributed by atoms with Gasteiger partial charge < -0.3 is 14.8 Å². The standard InChI is InChI=1S/C19H15Cl2N3O4S2/c1-27-12-5-10(6-13(9-12)28-2)7-16-17(25)24(19(29)30-16)23-18(26)22-11-3-4-14(20)15(21)8-11/h3-9H,1-2H3,(H2,22,23,26)/b16-7+. The Labute approximate surface area is 192 Å². The Morgan fingerprint density at radius 2 is 1.77 bits per heavy atom. The maximum absolute atomic E-state index is 12.7. The summed E-state index contributed by atoms with van der Waals surface area (Å²) >= 11 is 18.1. The smallest absolute Gasteiger partial charge is 0.338 e. The summed E-state index contributed by atoms with van der Waals surface area (Å²) in [7, 11) is 3.07. The second-order valence-corrected chi connectivity index (χ2v) is 8.35. The normalized spacial score (nSPS) is 14.8. The lowest BCUT2D eigenvalue weighted by molar-refractivity contribution is -0.123. The van der Waals surface area contributed by atoms with Crippen molar-refractivity contribution < 1.29 is 19.1 Å². The number of nitrogens with zero attached hydrogens (tertiary/aromatic N) is 1. The van der Waals surface area contributed by atoms with Crippen LogP contribution in [-0.2, 0) is 4.79 Å². The number of nitrogens with one attached hydrogen (secondary N) is 2. The number of ether oxygens (including phenoxy) is 2. The first kappa shape index (κ1) is 22.2. The molecule has 156 valence electrons. The molecule has 0 unspecified atom stereocenters. The van der Waals surface area contributed by atoms with Crippen molar-refractivity contribution in [3.63, 3.8) is 0 Å². The van der Waals surface area contributed by atoms with E-state index in [0.717, 1.165) is 16.8 Å². The summed E-state index contributed by atoms with van der Waals surface area (Å²) in [4.78, 5) is 25.3. The van der Waals surface area contributed by atoms with Crippen molar-refractivity contribution in [3.8, 4) is 11.5 Å². The number of anilines is 1. The number of halogens is 2. The number of hydrogen-bond donors (Lipinski definition) is 2. The number of hydrazine groups is 1. The van der Waals surface area contributed by atoms with E-state index in [9.17, 15) is 9.59 Å². The molecule has 0 bridgehead atoms. The van der Waals surface area contributed by atoms with Gasteiger partial charge in [0.15, 0.2) is 4.32 Å². The van der Waals surface area contributed by atoms with Crippen LogP contribution in [0.25, 0.3) is 6.08 Å². The summed E-state index contributed by atoms with van der Waals surface area (Å²) in [5, 5.41) is 4.21. The molecular weight excluding hydrogens is 469 g/mol. The number of urea groups is 1. The second-order valence-electron chi connectivity index (χ2n) is 5.86. The number of carbonyl (C=O) groups is 2. The van der Waals surface area contributed by atoms with Gasteiger partial charge in [0.2, 0.25) is 0 Å². The molecule has 0 atom stereocenters. The summed E-state index contributed by atoms with van der Waals surface area (Å²) in [6.07, 6.45) is 1.64. The van der Waals surface area contributed by atoms with Crippen molar-refractivity contribution in [1.82, 2.24) is 10.4 Å².